The summed E-state index contributed by atoms with van der Waals surface area (Å²) in [5, 5.41) is 8.79. The quantitative estimate of drug-likeness (QED) is 0.380. The van der Waals surface area contributed by atoms with Gasteiger partial charge in [0.25, 0.3) is 0 Å². The molecule has 0 saturated carbocycles. The molecule has 2 N–H and O–H groups in total. The van der Waals surface area contributed by atoms with Gasteiger partial charge in [0.2, 0.25) is 0 Å². The maximum Gasteiger partial charge on any atom is 0.396 e. The van der Waals surface area contributed by atoms with Gasteiger partial charge in [0.05, 0.1) is 7.11 Å². The third-order valence-corrected chi connectivity index (χ3v) is 1.71. The zero-order valence-corrected chi connectivity index (χ0v) is 8.32. The van der Waals surface area contributed by atoms with Gasteiger partial charge in [-0.15, -0.1) is 0 Å². The van der Waals surface area contributed by atoms with E-state index < -0.39 is 11.9 Å². The van der Waals surface area contributed by atoms with Crippen LogP contribution in [-0.4, -0.2) is 40.7 Å². The predicted molar refractivity (Wildman–Crippen MR) is 49.7 cm³/mol. The lowest BCUT2D eigenvalue weighted by molar-refractivity contribution is -0.152. The van der Waals surface area contributed by atoms with Crippen molar-refractivity contribution in [3.05, 3.63) is 12.2 Å². The Bertz CT molecular complexity index is 323. The van der Waals surface area contributed by atoms with Gasteiger partial charge in [0, 0.05) is 13.0 Å². The van der Waals surface area contributed by atoms with Gasteiger partial charge in [-0.25, -0.2) is 9.78 Å². The Kier molecular flexibility index (Phi) is 4.27. The molecule has 0 bridgehead atoms. The number of carbonyl (C=O) groups excluding carboxylic acids is 2. The van der Waals surface area contributed by atoms with Crippen LogP contribution in [0.5, 0.6) is 0 Å². The summed E-state index contributed by atoms with van der Waals surface area (Å²) in [6, 6.07) is 0. The number of carbonyl (C=O) groups is 2. The zero-order chi connectivity index (χ0) is 11.1. The van der Waals surface area contributed by atoms with Gasteiger partial charge in [0.15, 0.2) is 0 Å². The van der Waals surface area contributed by atoms with Crippen molar-refractivity contribution in [3.63, 3.8) is 0 Å². The maximum absolute atomic E-state index is 10.9. The van der Waals surface area contributed by atoms with E-state index in [0.29, 0.717) is 19.4 Å². The molecular formula is C8H12N4O3. The molecule has 0 aliphatic rings. The molecule has 1 amide bonds. The fourth-order valence-corrected chi connectivity index (χ4v) is 0.974. The van der Waals surface area contributed by atoms with Gasteiger partial charge >= 0.3 is 11.9 Å². The summed E-state index contributed by atoms with van der Waals surface area (Å²) >= 11 is 0. The molecule has 0 aliphatic heterocycles. The number of H-pyrrole nitrogens is 1. The molecule has 0 saturated heterocycles. The number of aromatic amines is 1. The molecule has 0 spiro atoms. The monoisotopic (exact) mass is 212 g/mol. The topological polar surface area (TPSA) is 97.0 Å². The Hall–Kier alpha value is -1.92. The molecule has 15 heavy (non-hydrogen) atoms. The van der Waals surface area contributed by atoms with Gasteiger partial charge in [-0.1, -0.05) is 0 Å². The zero-order valence-electron chi connectivity index (χ0n) is 8.32. The van der Waals surface area contributed by atoms with Crippen LogP contribution >= 0.6 is 0 Å². The number of rotatable bonds is 4. The highest BCUT2D eigenvalue weighted by atomic mass is 16.5. The largest absolute Gasteiger partial charge is 0.462 e. The molecular weight excluding hydrogens is 200 g/mol. The van der Waals surface area contributed by atoms with Gasteiger partial charge in [-0.3, -0.25) is 9.89 Å². The lowest BCUT2D eigenvalue weighted by Crippen LogP contribution is -2.32. The third kappa shape index (κ3) is 3.75. The summed E-state index contributed by atoms with van der Waals surface area (Å²) in [4.78, 5) is 25.5. The number of ether oxygens (including phenoxy) is 1. The molecule has 7 nitrogen and oxygen atoms in total. The number of hydrogen-bond donors (Lipinski definition) is 2. The second-order valence-corrected chi connectivity index (χ2v) is 2.78. The van der Waals surface area contributed by atoms with Crippen LogP contribution in [0.25, 0.3) is 0 Å². The summed E-state index contributed by atoms with van der Waals surface area (Å²) in [6.07, 6.45) is 2.77. The molecule has 0 atom stereocenters. The number of esters is 1. The average Bonchev–Trinajstić information content (AvgIpc) is 2.75. The molecule has 0 aromatic carbocycles. The van der Waals surface area contributed by atoms with Crippen molar-refractivity contribution in [1.29, 1.82) is 0 Å². The lowest BCUT2D eigenvalue weighted by Gasteiger charge is -2.01. The second kappa shape index (κ2) is 5.74. The van der Waals surface area contributed by atoms with Crippen molar-refractivity contribution in [2.45, 2.75) is 12.8 Å². The van der Waals surface area contributed by atoms with E-state index in [4.69, 9.17) is 0 Å². The average molecular weight is 212 g/mol. The van der Waals surface area contributed by atoms with Crippen LogP contribution in [0.2, 0.25) is 0 Å². The minimum Gasteiger partial charge on any atom is -0.462 e. The van der Waals surface area contributed by atoms with E-state index in [0.717, 1.165) is 12.9 Å². The Balaban J connectivity index is 2.12. The molecule has 1 aromatic rings. The Morgan fingerprint density at radius 1 is 1.60 bits per heavy atom. The first-order valence-corrected chi connectivity index (χ1v) is 4.44. The third-order valence-electron chi connectivity index (χ3n) is 1.71. The van der Waals surface area contributed by atoms with Gasteiger partial charge in [0.1, 0.15) is 12.2 Å². The minimum atomic E-state index is -0.880. The van der Waals surface area contributed by atoms with Crippen LogP contribution in [-0.2, 0) is 20.7 Å². The summed E-state index contributed by atoms with van der Waals surface area (Å²) in [5.41, 5.74) is 0. The van der Waals surface area contributed by atoms with E-state index >= 15 is 0 Å². The Morgan fingerprint density at radius 2 is 2.40 bits per heavy atom. The highest BCUT2D eigenvalue weighted by Gasteiger charge is 2.11. The molecule has 1 rings (SSSR count). The number of nitrogens with one attached hydrogen (secondary N) is 2. The Labute approximate surface area is 86.2 Å². The highest BCUT2D eigenvalue weighted by molar-refractivity contribution is 6.32. The van der Waals surface area contributed by atoms with Crippen molar-refractivity contribution in [2.24, 2.45) is 0 Å². The summed E-state index contributed by atoms with van der Waals surface area (Å²) < 4.78 is 4.24. The first kappa shape index (κ1) is 11.2. The van der Waals surface area contributed by atoms with E-state index in [2.05, 4.69) is 25.2 Å². The number of methoxy groups -OCH3 is 1. The van der Waals surface area contributed by atoms with Gasteiger partial charge in [-0.05, 0) is 6.42 Å². The van der Waals surface area contributed by atoms with E-state index in [-0.39, 0.29) is 0 Å². The van der Waals surface area contributed by atoms with E-state index in [1.165, 1.54) is 6.33 Å². The molecule has 0 radical (unpaired) electrons. The van der Waals surface area contributed by atoms with Crippen molar-refractivity contribution in [2.75, 3.05) is 13.7 Å². The predicted octanol–water partition coefficient (Wildman–Crippen LogP) is -0.974. The van der Waals surface area contributed by atoms with Gasteiger partial charge in [-0.2, -0.15) is 5.10 Å². The van der Waals surface area contributed by atoms with Crippen molar-refractivity contribution in [1.82, 2.24) is 20.5 Å². The van der Waals surface area contributed by atoms with Crippen molar-refractivity contribution in [3.8, 4) is 0 Å². The van der Waals surface area contributed by atoms with Crippen molar-refractivity contribution < 1.29 is 14.3 Å². The number of amides is 1. The first-order chi connectivity index (χ1) is 7.24. The standard InChI is InChI=1S/C8H12N4O3/c1-15-8(14)7(13)9-4-2-3-6-10-5-11-12-6/h5H,2-4H2,1H3,(H,9,13)(H,10,11,12). The van der Waals surface area contributed by atoms with Crippen LogP contribution in [0.3, 0.4) is 0 Å². The van der Waals surface area contributed by atoms with Crippen LogP contribution in [0.4, 0.5) is 0 Å². The molecule has 1 heterocycles. The summed E-state index contributed by atoms with van der Waals surface area (Å²) in [7, 11) is 1.16. The van der Waals surface area contributed by atoms with Crippen LogP contribution in [0.1, 0.15) is 12.2 Å². The number of aryl methyl sites for hydroxylation is 1. The van der Waals surface area contributed by atoms with Crippen LogP contribution < -0.4 is 5.32 Å². The SMILES string of the molecule is COC(=O)C(=O)NCCCc1ncn[nH]1. The first-order valence-electron chi connectivity index (χ1n) is 4.44. The van der Waals surface area contributed by atoms with E-state index in [1.807, 2.05) is 0 Å². The van der Waals surface area contributed by atoms with E-state index in [1.54, 1.807) is 0 Å². The van der Waals surface area contributed by atoms with Crippen LogP contribution in [0.15, 0.2) is 6.33 Å². The maximum atomic E-state index is 10.9. The minimum absolute atomic E-state index is 0.397. The summed E-state index contributed by atoms with van der Waals surface area (Å²) in [5.74, 6) is -0.855. The number of nitrogens with zero attached hydrogens (tertiary/aromatic N) is 2. The molecule has 0 aliphatic carbocycles. The highest BCUT2D eigenvalue weighted by Crippen LogP contribution is 1.91. The lowest BCUT2D eigenvalue weighted by atomic mass is 10.3. The van der Waals surface area contributed by atoms with E-state index in [9.17, 15) is 9.59 Å². The smallest absolute Gasteiger partial charge is 0.396 e. The molecule has 7 heteroatoms. The summed E-state index contributed by atoms with van der Waals surface area (Å²) in [6.45, 7) is 0.397. The normalized spacial score (nSPS) is 9.67. The number of aromatic nitrogens is 3. The van der Waals surface area contributed by atoms with Gasteiger partial charge < -0.3 is 10.1 Å². The molecule has 82 valence electrons. The molecule has 0 fully saturated rings. The fraction of sp³-hybridized carbons (Fsp3) is 0.500. The van der Waals surface area contributed by atoms with Crippen LogP contribution in [0, 0.1) is 0 Å². The molecule has 1 aromatic heterocycles. The Morgan fingerprint density at radius 3 is 3.00 bits per heavy atom. The number of hydrogen-bond acceptors (Lipinski definition) is 5. The molecule has 0 unspecified atom stereocenters. The fourth-order valence-electron chi connectivity index (χ4n) is 0.974. The second-order valence-electron chi connectivity index (χ2n) is 2.78. The van der Waals surface area contributed by atoms with Crippen molar-refractivity contribution >= 4 is 11.9 Å².